The van der Waals surface area contributed by atoms with E-state index in [-0.39, 0.29) is 23.2 Å². The molecule has 2 aromatic heterocycles. The first-order valence-electron chi connectivity index (χ1n) is 10.8. The summed E-state index contributed by atoms with van der Waals surface area (Å²) in [5.74, 6) is 0.651. The second-order valence-electron chi connectivity index (χ2n) is 9.59. The Morgan fingerprint density at radius 2 is 1.97 bits per heavy atom. The molecule has 3 aliphatic rings. The Balaban J connectivity index is 1.54. The Morgan fingerprint density at radius 1 is 1.20 bits per heavy atom. The number of aromatic nitrogens is 2. The number of thiophene rings is 1. The van der Waals surface area contributed by atoms with E-state index in [1.807, 2.05) is 0 Å². The number of carboxylic acid groups (broad SMARTS) is 1. The minimum Gasteiger partial charge on any atom is -0.478 e. The highest BCUT2D eigenvalue weighted by molar-refractivity contribution is 7.12. The molecule has 2 heterocycles. The van der Waals surface area contributed by atoms with Gasteiger partial charge in [0.2, 0.25) is 0 Å². The summed E-state index contributed by atoms with van der Waals surface area (Å²) in [5.41, 5.74) is 3.14. The Morgan fingerprint density at radius 3 is 2.70 bits per heavy atom. The second kappa shape index (κ2) is 7.15. The number of carboxylic acids is 1. The Labute approximate surface area is 179 Å². The number of ketones is 1. The first-order valence-corrected chi connectivity index (χ1v) is 11.6. The molecule has 0 atom stereocenters. The van der Waals surface area contributed by atoms with Crippen molar-refractivity contribution in [1.29, 1.82) is 0 Å². The topological polar surface area (TPSA) is 93.3 Å². The molecule has 1 saturated carbocycles. The van der Waals surface area contributed by atoms with Gasteiger partial charge < -0.3 is 9.63 Å². The predicted octanol–water partition coefficient (Wildman–Crippen LogP) is 4.87. The lowest BCUT2D eigenvalue weighted by Gasteiger charge is -2.29. The first-order chi connectivity index (χ1) is 14.3. The third-order valence-electron chi connectivity index (χ3n) is 6.58. The van der Waals surface area contributed by atoms with Crippen molar-refractivity contribution in [2.75, 3.05) is 0 Å². The van der Waals surface area contributed by atoms with Gasteiger partial charge in [-0.05, 0) is 62.3 Å². The Bertz CT molecular complexity index is 1070. The summed E-state index contributed by atoms with van der Waals surface area (Å²) >= 11 is 1.67. The van der Waals surface area contributed by atoms with Crippen molar-refractivity contribution in [3.8, 4) is 11.5 Å². The summed E-state index contributed by atoms with van der Waals surface area (Å²) in [7, 11) is 0. The van der Waals surface area contributed by atoms with Gasteiger partial charge in [-0.15, -0.1) is 11.3 Å². The van der Waals surface area contributed by atoms with E-state index in [4.69, 9.17) is 9.51 Å². The van der Waals surface area contributed by atoms with Crippen LogP contribution in [0.4, 0.5) is 0 Å². The minimum atomic E-state index is -0.964. The molecule has 0 amide bonds. The van der Waals surface area contributed by atoms with Crippen LogP contribution in [-0.2, 0) is 28.9 Å². The second-order valence-corrected chi connectivity index (χ2v) is 10.8. The molecular weight excluding hydrogens is 400 g/mol. The number of carbonyl (C=O) groups is 2. The average Bonchev–Trinajstić information content (AvgIpc) is 3.10. The fraction of sp³-hybridized carbons (Fsp3) is 0.565. The van der Waals surface area contributed by atoms with Gasteiger partial charge in [-0.3, -0.25) is 4.79 Å². The number of aliphatic carboxylic acids is 1. The lowest BCUT2D eigenvalue weighted by molar-refractivity contribution is -0.133. The average molecular weight is 427 g/mol. The number of nitrogens with zero attached hydrogens (tertiary/aromatic N) is 2. The molecule has 3 aliphatic carbocycles. The third kappa shape index (κ3) is 3.53. The maximum atomic E-state index is 13.1. The number of fused-ring (bicyclic) bond motifs is 1. The molecule has 1 N–H and O–H groups in total. The molecule has 0 spiro atoms. The summed E-state index contributed by atoms with van der Waals surface area (Å²) in [6, 6.07) is 0. The highest BCUT2D eigenvalue weighted by Crippen LogP contribution is 2.47. The summed E-state index contributed by atoms with van der Waals surface area (Å²) in [6.45, 7) is 4.54. The van der Waals surface area contributed by atoms with Gasteiger partial charge in [-0.1, -0.05) is 19.0 Å². The largest absolute Gasteiger partial charge is 0.478 e. The van der Waals surface area contributed by atoms with E-state index in [0.717, 1.165) is 54.8 Å². The molecular formula is C23H26N2O4S. The molecule has 6 nitrogen and oxygen atoms in total. The van der Waals surface area contributed by atoms with Crippen LogP contribution in [0.5, 0.6) is 0 Å². The molecule has 0 radical (unpaired) electrons. The van der Waals surface area contributed by atoms with Gasteiger partial charge in [-0.2, -0.15) is 4.98 Å². The minimum absolute atomic E-state index is 0.0778. The number of Topliss-reactive ketones (excluding diaryl/α,β-unsaturated/α-hetero) is 1. The van der Waals surface area contributed by atoms with Crippen molar-refractivity contribution < 1.29 is 19.2 Å². The summed E-state index contributed by atoms with van der Waals surface area (Å²) in [6.07, 6.45) is 7.20. The van der Waals surface area contributed by atoms with Crippen LogP contribution >= 0.6 is 11.3 Å². The zero-order chi connectivity index (χ0) is 21.0. The van der Waals surface area contributed by atoms with Crippen molar-refractivity contribution in [2.45, 2.75) is 77.6 Å². The molecule has 30 heavy (non-hydrogen) atoms. The van der Waals surface area contributed by atoms with Crippen LogP contribution in [-0.4, -0.2) is 27.0 Å². The van der Waals surface area contributed by atoms with Crippen molar-refractivity contribution >= 4 is 23.1 Å². The van der Waals surface area contributed by atoms with E-state index in [9.17, 15) is 14.7 Å². The monoisotopic (exact) mass is 426 g/mol. The number of rotatable bonds is 6. The van der Waals surface area contributed by atoms with Crippen molar-refractivity contribution in [3.63, 3.8) is 0 Å². The molecule has 5 rings (SSSR count). The van der Waals surface area contributed by atoms with E-state index in [1.165, 1.54) is 10.4 Å². The van der Waals surface area contributed by atoms with Crippen LogP contribution in [0.15, 0.2) is 15.7 Å². The Kier molecular flexibility index (Phi) is 4.69. The summed E-state index contributed by atoms with van der Waals surface area (Å²) in [4.78, 5) is 31.6. The van der Waals surface area contributed by atoms with Crippen LogP contribution in [0.3, 0.4) is 0 Å². The normalized spacial score (nSPS) is 20.5. The molecule has 0 bridgehead atoms. The van der Waals surface area contributed by atoms with E-state index in [2.05, 4.69) is 19.0 Å². The van der Waals surface area contributed by atoms with Crippen LogP contribution < -0.4 is 0 Å². The zero-order valence-electron chi connectivity index (χ0n) is 17.4. The highest BCUT2D eigenvalue weighted by Gasteiger charge is 2.35. The van der Waals surface area contributed by atoms with Gasteiger partial charge in [0.05, 0.1) is 5.56 Å². The number of aryl methyl sites for hydroxylation is 1. The van der Waals surface area contributed by atoms with E-state index >= 15 is 0 Å². The fourth-order valence-electron chi connectivity index (χ4n) is 4.73. The molecule has 0 aromatic carbocycles. The lowest BCUT2D eigenvalue weighted by Crippen LogP contribution is -2.21. The van der Waals surface area contributed by atoms with Crippen LogP contribution in [0.25, 0.3) is 11.5 Å². The molecule has 2 aromatic rings. The molecule has 0 unspecified atom stereocenters. The van der Waals surface area contributed by atoms with Gasteiger partial charge in [-0.25, -0.2) is 4.79 Å². The van der Waals surface area contributed by atoms with Crippen molar-refractivity contribution in [3.05, 3.63) is 32.3 Å². The number of allylic oxidation sites excluding steroid dienone is 1. The maximum absolute atomic E-state index is 13.1. The van der Waals surface area contributed by atoms with E-state index in [0.29, 0.717) is 30.2 Å². The summed E-state index contributed by atoms with van der Waals surface area (Å²) in [5, 5.41) is 13.6. The maximum Gasteiger partial charge on any atom is 0.331 e. The SMILES string of the molecule is CC1(C)CCc2sc(CC(=O)C3=C(C(=O)O)CCC3)c(-c3nc(C4CC4)no3)c2C1. The standard InChI is InChI=1S/C23H26N2O4S/c1-23(2)9-8-17-15(11-23)19(21-24-20(25-29-21)12-6-7-12)18(30-17)10-16(26)13-4-3-5-14(13)22(27)28/h12H,3-11H2,1-2H3,(H,27,28). The molecule has 1 fully saturated rings. The lowest BCUT2D eigenvalue weighted by atomic mass is 9.76. The first kappa shape index (κ1) is 19.7. The smallest absolute Gasteiger partial charge is 0.331 e. The van der Waals surface area contributed by atoms with Gasteiger partial charge in [0.25, 0.3) is 5.89 Å². The third-order valence-corrected chi connectivity index (χ3v) is 7.87. The van der Waals surface area contributed by atoms with Crippen molar-refractivity contribution in [1.82, 2.24) is 10.1 Å². The van der Waals surface area contributed by atoms with Crippen LogP contribution in [0.1, 0.15) is 79.4 Å². The van der Waals surface area contributed by atoms with Gasteiger partial charge in [0, 0.05) is 33.2 Å². The molecule has 7 heteroatoms. The number of carbonyl (C=O) groups excluding carboxylic acids is 1. The van der Waals surface area contributed by atoms with Crippen LogP contribution in [0.2, 0.25) is 0 Å². The van der Waals surface area contributed by atoms with Gasteiger partial charge in [0.15, 0.2) is 11.6 Å². The van der Waals surface area contributed by atoms with Gasteiger partial charge >= 0.3 is 5.97 Å². The predicted molar refractivity (Wildman–Crippen MR) is 113 cm³/mol. The molecule has 158 valence electrons. The van der Waals surface area contributed by atoms with Gasteiger partial charge in [0.1, 0.15) is 0 Å². The van der Waals surface area contributed by atoms with Crippen molar-refractivity contribution in [2.24, 2.45) is 5.41 Å². The van der Waals surface area contributed by atoms with E-state index in [1.54, 1.807) is 11.3 Å². The molecule has 0 aliphatic heterocycles. The van der Waals surface area contributed by atoms with Crippen LogP contribution in [0, 0.1) is 5.41 Å². The summed E-state index contributed by atoms with van der Waals surface area (Å²) < 4.78 is 5.68. The quantitative estimate of drug-likeness (QED) is 0.708. The Hall–Kier alpha value is -2.28. The zero-order valence-corrected chi connectivity index (χ0v) is 18.2. The van der Waals surface area contributed by atoms with E-state index < -0.39 is 5.97 Å². The number of hydrogen-bond acceptors (Lipinski definition) is 6. The number of hydrogen-bond donors (Lipinski definition) is 1. The molecule has 0 saturated heterocycles. The fourth-order valence-corrected chi connectivity index (χ4v) is 6.05. The highest BCUT2D eigenvalue weighted by atomic mass is 32.1.